The minimum atomic E-state index is -0.0543. The fourth-order valence-electron chi connectivity index (χ4n) is 6.01. The Morgan fingerprint density at radius 2 is 1.88 bits per heavy atom. The lowest BCUT2D eigenvalue weighted by molar-refractivity contribution is -0.125. The van der Waals surface area contributed by atoms with Gasteiger partial charge in [-0.05, 0) is 43.2 Å². The maximum absolute atomic E-state index is 13.3. The van der Waals surface area contributed by atoms with E-state index in [0.29, 0.717) is 0 Å². The Kier molecular flexibility index (Phi) is 3.16. The number of allylic oxidation sites excluding steroid dienone is 3. The third-order valence-electron chi connectivity index (χ3n) is 7.73. The fourth-order valence-corrected chi connectivity index (χ4v) is 6.01. The van der Waals surface area contributed by atoms with Crippen molar-refractivity contribution in [2.24, 2.45) is 22.2 Å². The highest BCUT2D eigenvalue weighted by Gasteiger charge is 2.70. The van der Waals surface area contributed by atoms with E-state index in [2.05, 4.69) is 32.6 Å². The molecule has 2 heteroatoms. The highest BCUT2D eigenvalue weighted by molar-refractivity contribution is 5.95. The van der Waals surface area contributed by atoms with Gasteiger partial charge < -0.3 is 4.90 Å². The lowest BCUT2D eigenvalue weighted by Gasteiger charge is -2.46. The number of carbonyl (C=O) groups is 1. The molecule has 4 atom stereocenters. The Balaban J connectivity index is 1.69. The van der Waals surface area contributed by atoms with E-state index in [1.165, 1.54) is 12.0 Å². The Labute approximate surface area is 145 Å². The van der Waals surface area contributed by atoms with Crippen molar-refractivity contribution in [1.29, 1.82) is 0 Å². The normalized spacial score (nSPS) is 39.8. The summed E-state index contributed by atoms with van der Waals surface area (Å²) in [6, 6.07) is 9.99. The van der Waals surface area contributed by atoms with E-state index in [-0.39, 0.29) is 28.1 Å². The number of benzene rings is 1. The monoisotopic (exact) mass is 321 g/mol. The summed E-state index contributed by atoms with van der Waals surface area (Å²) in [5.41, 5.74) is 2.54. The molecule has 0 saturated heterocycles. The Bertz CT molecular complexity index is 736. The van der Waals surface area contributed by atoms with E-state index in [1.54, 1.807) is 0 Å². The number of amides is 1. The van der Waals surface area contributed by atoms with Crippen molar-refractivity contribution in [3.05, 3.63) is 54.6 Å². The SMILES string of the molecule is C=C1CCC23CC[C@H](C(=O)N(C)c4ccccc4)[C@@]2(C)C=C[C@]13C. The lowest BCUT2D eigenvalue weighted by Crippen LogP contribution is -2.45. The topological polar surface area (TPSA) is 20.3 Å². The molecule has 1 spiro atoms. The standard InChI is InChI=1S/C22H27NO/c1-16-10-12-22-13-11-18(21(22,3)15-14-20(16,22)2)19(24)23(4)17-8-6-5-7-9-17/h5-9,14-15,18H,1,10-13H2,2-4H3/t18-,20-,21-,22?/m1/s1. The first-order valence-corrected chi connectivity index (χ1v) is 9.07. The third-order valence-corrected chi connectivity index (χ3v) is 7.73. The minimum absolute atomic E-state index is 0.0543. The van der Waals surface area contributed by atoms with Gasteiger partial charge in [0.2, 0.25) is 5.91 Å². The number of rotatable bonds is 2. The van der Waals surface area contributed by atoms with Crippen LogP contribution in [0.2, 0.25) is 0 Å². The van der Waals surface area contributed by atoms with Crippen LogP contribution in [0.4, 0.5) is 5.69 Å². The zero-order valence-electron chi connectivity index (χ0n) is 15.0. The molecular formula is C22H27NO. The molecule has 1 amide bonds. The van der Waals surface area contributed by atoms with E-state index in [1.807, 2.05) is 42.3 Å². The van der Waals surface area contributed by atoms with Crippen LogP contribution in [0, 0.1) is 22.2 Å². The highest BCUT2D eigenvalue weighted by atomic mass is 16.2. The van der Waals surface area contributed by atoms with E-state index in [0.717, 1.165) is 24.9 Å². The molecule has 0 heterocycles. The van der Waals surface area contributed by atoms with Crippen LogP contribution >= 0.6 is 0 Å². The summed E-state index contributed by atoms with van der Waals surface area (Å²) in [4.78, 5) is 15.2. The van der Waals surface area contributed by atoms with Crippen molar-refractivity contribution in [3.63, 3.8) is 0 Å². The minimum Gasteiger partial charge on any atom is -0.315 e. The van der Waals surface area contributed by atoms with Crippen molar-refractivity contribution in [3.8, 4) is 0 Å². The van der Waals surface area contributed by atoms with Gasteiger partial charge >= 0.3 is 0 Å². The molecule has 2 saturated carbocycles. The van der Waals surface area contributed by atoms with E-state index in [9.17, 15) is 4.79 Å². The number of anilines is 1. The molecule has 0 aromatic heterocycles. The van der Waals surface area contributed by atoms with Gasteiger partial charge in [0, 0.05) is 29.5 Å². The lowest BCUT2D eigenvalue weighted by atomic mass is 9.57. The molecule has 2 nitrogen and oxygen atoms in total. The van der Waals surface area contributed by atoms with Crippen molar-refractivity contribution in [2.45, 2.75) is 39.5 Å². The average molecular weight is 321 g/mol. The van der Waals surface area contributed by atoms with Gasteiger partial charge in [0.1, 0.15) is 0 Å². The fraction of sp³-hybridized carbons (Fsp3) is 0.500. The van der Waals surface area contributed by atoms with Gasteiger partial charge in [-0.1, -0.05) is 56.4 Å². The maximum Gasteiger partial charge on any atom is 0.230 e. The van der Waals surface area contributed by atoms with Gasteiger partial charge in [-0.15, -0.1) is 0 Å². The molecule has 3 aliphatic carbocycles. The molecule has 1 unspecified atom stereocenters. The van der Waals surface area contributed by atoms with Crippen molar-refractivity contribution in [1.82, 2.24) is 0 Å². The molecule has 0 aliphatic heterocycles. The summed E-state index contributed by atoms with van der Waals surface area (Å²) in [5, 5.41) is 0. The summed E-state index contributed by atoms with van der Waals surface area (Å²) >= 11 is 0. The number of carbonyl (C=O) groups excluding carboxylic acids is 1. The molecule has 126 valence electrons. The van der Waals surface area contributed by atoms with Crippen molar-refractivity contribution < 1.29 is 4.79 Å². The molecule has 0 bridgehead atoms. The first-order valence-electron chi connectivity index (χ1n) is 9.07. The quantitative estimate of drug-likeness (QED) is 0.704. The second kappa shape index (κ2) is 4.84. The number of hydrogen-bond donors (Lipinski definition) is 0. The van der Waals surface area contributed by atoms with E-state index >= 15 is 0 Å². The molecule has 1 aromatic rings. The van der Waals surface area contributed by atoms with Crippen LogP contribution in [0.5, 0.6) is 0 Å². The Morgan fingerprint density at radius 1 is 1.17 bits per heavy atom. The second-order valence-electron chi connectivity index (χ2n) is 8.33. The van der Waals surface area contributed by atoms with Gasteiger partial charge in [0.15, 0.2) is 0 Å². The van der Waals surface area contributed by atoms with Gasteiger partial charge in [0.05, 0.1) is 0 Å². The van der Waals surface area contributed by atoms with Crippen LogP contribution in [0.3, 0.4) is 0 Å². The number of nitrogens with zero attached hydrogens (tertiary/aromatic N) is 1. The zero-order chi connectivity index (χ0) is 17.2. The molecule has 0 radical (unpaired) electrons. The van der Waals surface area contributed by atoms with E-state index in [4.69, 9.17) is 0 Å². The Hall–Kier alpha value is -1.83. The number of para-hydroxylation sites is 1. The Morgan fingerprint density at radius 3 is 2.58 bits per heavy atom. The van der Waals surface area contributed by atoms with Crippen LogP contribution in [0.1, 0.15) is 39.5 Å². The smallest absolute Gasteiger partial charge is 0.230 e. The van der Waals surface area contributed by atoms with Crippen LogP contribution < -0.4 is 4.90 Å². The van der Waals surface area contributed by atoms with Crippen molar-refractivity contribution in [2.75, 3.05) is 11.9 Å². The first kappa shape index (κ1) is 15.7. The summed E-state index contributed by atoms with van der Waals surface area (Å²) in [6.45, 7) is 9.03. The third kappa shape index (κ3) is 1.64. The number of hydrogen-bond acceptors (Lipinski definition) is 1. The van der Waals surface area contributed by atoms with Crippen LogP contribution in [0.15, 0.2) is 54.6 Å². The summed E-state index contributed by atoms with van der Waals surface area (Å²) in [6.07, 6.45) is 9.11. The second-order valence-corrected chi connectivity index (χ2v) is 8.33. The molecule has 0 N–H and O–H groups in total. The maximum atomic E-state index is 13.3. The molecule has 4 rings (SSSR count). The van der Waals surface area contributed by atoms with Crippen LogP contribution in [-0.4, -0.2) is 13.0 Å². The van der Waals surface area contributed by atoms with Crippen LogP contribution in [0.25, 0.3) is 0 Å². The van der Waals surface area contributed by atoms with Gasteiger partial charge in [-0.25, -0.2) is 0 Å². The largest absolute Gasteiger partial charge is 0.315 e. The summed E-state index contributed by atoms with van der Waals surface area (Å²) in [5.74, 6) is 0.318. The van der Waals surface area contributed by atoms with Gasteiger partial charge in [0.25, 0.3) is 0 Å². The summed E-state index contributed by atoms with van der Waals surface area (Å²) < 4.78 is 0. The molecule has 1 aromatic carbocycles. The van der Waals surface area contributed by atoms with Gasteiger partial charge in [-0.3, -0.25) is 4.79 Å². The predicted molar refractivity (Wildman–Crippen MR) is 98.7 cm³/mol. The molecule has 3 aliphatic rings. The highest BCUT2D eigenvalue weighted by Crippen LogP contribution is 2.76. The molecule has 2 fully saturated rings. The zero-order valence-corrected chi connectivity index (χ0v) is 15.0. The first-order chi connectivity index (χ1) is 11.4. The average Bonchev–Trinajstić information content (AvgIpc) is 3.12. The van der Waals surface area contributed by atoms with E-state index < -0.39 is 0 Å². The predicted octanol–water partition coefficient (Wildman–Crippen LogP) is 4.98. The summed E-state index contributed by atoms with van der Waals surface area (Å²) in [7, 11) is 1.91. The molecular weight excluding hydrogens is 294 g/mol. The van der Waals surface area contributed by atoms with Gasteiger partial charge in [-0.2, -0.15) is 0 Å². The van der Waals surface area contributed by atoms with Crippen LogP contribution in [-0.2, 0) is 4.79 Å². The molecule has 24 heavy (non-hydrogen) atoms. The van der Waals surface area contributed by atoms with Crippen molar-refractivity contribution >= 4 is 11.6 Å².